The van der Waals surface area contributed by atoms with Gasteiger partial charge in [-0.1, -0.05) is 6.58 Å². The van der Waals surface area contributed by atoms with E-state index in [1.165, 1.54) is 38.5 Å². The summed E-state index contributed by atoms with van der Waals surface area (Å²) in [6.07, 6.45) is 0. The Morgan fingerprint density at radius 3 is 1.89 bits per heavy atom. The van der Waals surface area contributed by atoms with Gasteiger partial charge in [-0.25, -0.2) is 4.79 Å². The fraction of sp³-hybridized carbons (Fsp3) is 0.500. The van der Waals surface area contributed by atoms with Crippen molar-refractivity contribution in [1.29, 1.82) is 0 Å². The normalized spacial score (nSPS) is 7.11. The molecule has 0 aliphatic carbocycles. The molecule has 2 nitrogen and oxygen atoms in total. The molecule has 9 heavy (non-hydrogen) atoms. The molecule has 0 heterocycles. The molecular weight excluding hydrogens is 127 g/mol. The van der Waals surface area contributed by atoms with Crippen LogP contribution in [-0.4, -0.2) is 39.0 Å². The van der Waals surface area contributed by atoms with Crippen LogP contribution in [0.5, 0.6) is 0 Å². The first-order chi connectivity index (χ1) is 4.06. The van der Waals surface area contributed by atoms with E-state index < -0.39 is 5.97 Å². The molecule has 3 heteroatoms. The summed E-state index contributed by atoms with van der Waals surface area (Å²) in [4.78, 5) is 9.60. The predicted molar refractivity (Wildman–Crippen MR) is 38.7 cm³/mol. The molecular formula is C6H11NaO2. The molecule has 0 saturated heterocycles. The first-order valence-electron chi connectivity index (χ1n) is 2.95. The third-order valence-corrected chi connectivity index (χ3v) is 0.365. The number of hydrogen-bond acceptors (Lipinski definition) is 1. The van der Waals surface area contributed by atoms with Gasteiger partial charge in [0.2, 0.25) is 0 Å². The minimum absolute atomic E-state index is 0.176. The fourth-order valence-corrected chi connectivity index (χ4v) is 0. The minimum atomic E-state index is -0.935. The molecule has 0 aromatic rings. The van der Waals surface area contributed by atoms with Crippen LogP contribution in [0.25, 0.3) is 0 Å². The Balaban J connectivity index is 0. The zero-order valence-electron chi connectivity index (χ0n) is 6.27. The van der Waals surface area contributed by atoms with Crippen molar-refractivity contribution in [3.8, 4) is 0 Å². The Hall–Kier alpha value is 0.210. The van der Waals surface area contributed by atoms with Crippen LogP contribution in [0.3, 0.4) is 0 Å². The van der Waals surface area contributed by atoms with E-state index in [0.29, 0.717) is 0 Å². The van der Waals surface area contributed by atoms with Crippen molar-refractivity contribution in [2.45, 2.75) is 17.5 Å². The quantitative estimate of drug-likeness (QED) is 0.437. The molecule has 0 aliphatic rings. The molecule has 0 atom stereocenters. The third kappa shape index (κ3) is 17.9. The van der Waals surface area contributed by atoms with Gasteiger partial charge in [0.25, 0.3) is 0 Å². The van der Waals surface area contributed by atoms with Gasteiger partial charge in [0.05, 0.1) is 0 Å². The molecule has 0 saturated carbocycles. The molecule has 0 bridgehead atoms. The number of rotatable bonds is 1. The number of aliphatic carboxylic acids is 1. The van der Waals surface area contributed by atoms with Crippen LogP contribution < -0.4 is 0 Å². The number of carboxylic acids is 1. The Labute approximate surface area is 73.4 Å². The Morgan fingerprint density at radius 1 is 1.78 bits per heavy atom. The van der Waals surface area contributed by atoms with Gasteiger partial charge >= 0.3 is 44.5 Å². The average molecular weight is 138 g/mol. The number of carboxylic acid groups (broad SMARTS) is 1. The van der Waals surface area contributed by atoms with Gasteiger partial charge in [0.15, 0.2) is 0 Å². The topological polar surface area (TPSA) is 37.3 Å². The fourth-order valence-electron chi connectivity index (χ4n) is 0. The van der Waals surface area contributed by atoms with E-state index in [-0.39, 0.29) is 5.57 Å². The van der Waals surface area contributed by atoms with Crippen LogP contribution in [0.4, 0.5) is 0 Å². The van der Waals surface area contributed by atoms with E-state index >= 15 is 0 Å². The third-order valence-electron chi connectivity index (χ3n) is 0.365. The monoisotopic (exact) mass is 138 g/mol. The second-order valence-electron chi connectivity index (χ2n) is 1.79. The summed E-state index contributed by atoms with van der Waals surface area (Å²) in [7, 11) is 0. The molecule has 0 radical (unpaired) electrons. The summed E-state index contributed by atoms with van der Waals surface area (Å²) in [5.74, 6) is -0.935. The van der Waals surface area contributed by atoms with Gasteiger partial charge in [0.1, 0.15) is 0 Å². The van der Waals surface area contributed by atoms with E-state index in [4.69, 9.17) is 5.11 Å². The van der Waals surface area contributed by atoms with Gasteiger partial charge in [-0.05, 0) is 6.92 Å². The predicted octanol–water partition coefficient (Wildman–Crippen LogP) is 1.24. The standard InChI is InChI=1S/C4H6O2.C2H5.Na/c1-3(2)4(5)6;1-2;/h1H2,2H3,(H,5,6);1H2,2H3;. The molecule has 0 aromatic carbocycles. The van der Waals surface area contributed by atoms with Crippen molar-refractivity contribution in [1.82, 2.24) is 0 Å². The molecule has 0 unspecified atom stereocenters. The molecule has 0 amide bonds. The van der Waals surface area contributed by atoms with Crippen molar-refractivity contribution in [2.24, 2.45) is 0 Å². The van der Waals surface area contributed by atoms with E-state index in [1.54, 1.807) is 0 Å². The van der Waals surface area contributed by atoms with Crippen LogP contribution in [0.15, 0.2) is 12.2 Å². The summed E-state index contributed by atoms with van der Waals surface area (Å²) in [6, 6.07) is 0. The number of hydrogen-bond donors (Lipinski definition) is 1. The van der Waals surface area contributed by atoms with Crippen molar-refractivity contribution in [3.63, 3.8) is 0 Å². The van der Waals surface area contributed by atoms with Crippen molar-refractivity contribution < 1.29 is 9.90 Å². The second kappa shape index (κ2) is 8.21. The van der Waals surface area contributed by atoms with Crippen molar-refractivity contribution in [2.75, 3.05) is 0 Å². The summed E-state index contributed by atoms with van der Waals surface area (Å²) >= 11 is 1.37. The van der Waals surface area contributed by atoms with Crippen molar-refractivity contribution in [3.05, 3.63) is 12.2 Å². The molecule has 0 aromatic heterocycles. The summed E-state index contributed by atoms with van der Waals surface area (Å²) in [6.45, 7) is 6.79. The Morgan fingerprint density at radius 2 is 1.89 bits per heavy atom. The van der Waals surface area contributed by atoms with E-state index in [9.17, 15) is 4.79 Å². The SMILES string of the molecule is C=C(C)C(=O)O.C[CH2][Na]. The molecule has 0 aliphatic heterocycles. The van der Waals surface area contributed by atoms with Gasteiger partial charge in [0, 0.05) is 5.57 Å². The molecule has 0 fully saturated rings. The molecule has 1 N–H and O–H groups in total. The van der Waals surface area contributed by atoms with Crippen molar-refractivity contribution >= 4 is 33.9 Å². The average Bonchev–Trinajstić information content (AvgIpc) is 1.68. The number of carbonyl (C=O) groups is 1. The summed E-state index contributed by atoms with van der Waals surface area (Å²) in [5.41, 5.74) is 0.176. The van der Waals surface area contributed by atoms with Crippen LogP contribution in [0.1, 0.15) is 13.8 Å². The van der Waals surface area contributed by atoms with Gasteiger partial charge in [-0.2, -0.15) is 0 Å². The van der Waals surface area contributed by atoms with E-state index in [1.807, 2.05) is 0 Å². The molecule has 0 rings (SSSR count). The first-order valence-corrected chi connectivity index (χ1v) is 4.36. The van der Waals surface area contributed by atoms with Gasteiger partial charge in [-0.15, -0.1) is 0 Å². The Kier molecular flexibility index (Phi) is 10.9. The second-order valence-corrected chi connectivity index (χ2v) is 3.21. The zero-order chi connectivity index (χ0) is 7.86. The summed E-state index contributed by atoms with van der Waals surface area (Å²) < 4.78 is 1.39. The van der Waals surface area contributed by atoms with E-state index in [0.717, 1.165) is 0 Å². The molecule has 0 spiro atoms. The summed E-state index contributed by atoms with van der Waals surface area (Å²) in [5, 5.41) is 7.89. The molecule has 48 valence electrons. The Bertz CT molecular complexity index is 87.2. The first kappa shape index (κ1) is 11.9. The maximum absolute atomic E-state index is 9.60. The van der Waals surface area contributed by atoms with Gasteiger partial charge < -0.3 is 5.11 Å². The van der Waals surface area contributed by atoms with E-state index in [2.05, 4.69) is 13.5 Å². The maximum atomic E-state index is 9.60. The van der Waals surface area contributed by atoms with Crippen LogP contribution in [-0.2, 0) is 4.79 Å². The zero-order valence-corrected chi connectivity index (χ0v) is 8.27. The van der Waals surface area contributed by atoms with Crippen LogP contribution in [0.2, 0.25) is 3.67 Å². The van der Waals surface area contributed by atoms with Gasteiger partial charge in [-0.3, -0.25) is 0 Å². The van der Waals surface area contributed by atoms with Crippen LogP contribution >= 0.6 is 0 Å². The van der Waals surface area contributed by atoms with Crippen LogP contribution in [0, 0.1) is 0 Å².